The van der Waals surface area contributed by atoms with Gasteiger partial charge < -0.3 is 4.74 Å². The van der Waals surface area contributed by atoms with E-state index in [2.05, 4.69) is 0 Å². The molecule has 0 unspecified atom stereocenters. The fourth-order valence-corrected chi connectivity index (χ4v) is 2.07. The monoisotopic (exact) mass is 260 g/mol. The second kappa shape index (κ2) is 6.00. The molecule has 0 heterocycles. The number of unbranched alkanes of at least 4 members (excludes halogenated alkanes) is 1. The first-order valence-corrected chi connectivity index (χ1v) is 7.06. The Morgan fingerprint density at radius 2 is 1.94 bits per heavy atom. The van der Waals surface area contributed by atoms with Crippen LogP contribution in [0.4, 0.5) is 3.89 Å². The van der Waals surface area contributed by atoms with Gasteiger partial charge in [0.15, 0.2) is 0 Å². The van der Waals surface area contributed by atoms with E-state index in [1.807, 2.05) is 32.0 Å². The van der Waals surface area contributed by atoms with Crippen molar-refractivity contribution in [3.63, 3.8) is 0 Å². The molecule has 0 bridgehead atoms. The van der Waals surface area contributed by atoms with Crippen LogP contribution in [0.2, 0.25) is 0 Å². The summed E-state index contributed by atoms with van der Waals surface area (Å²) in [5.74, 6) is 0.363. The lowest BCUT2D eigenvalue weighted by atomic mass is 10.1. The minimum Gasteiger partial charge on any atom is -0.493 e. The third-order valence-corrected chi connectivity index (χ3v) is 3.15. The molecule has 0 radical (unpaired) electrons. The maximum Gasteiger partial charge on any atom is 0.302 e. The lowest BCUT2D eigenvalue weighted by Crippen LogP contribution is -2.03. The van der Waals surface area contributed by atoms with Crippen molar-refractivity contribution in [1.82, 2.24) is 0 Å². The molecule has 0 aliphatic carbocycles. The number of benzene rings is 1. The topological polar surface area (TPSA) is 43.4 Å². The van der Waals surface area contributed by atoms with Gasteiger partial charge in [0.05, 0.1) is 12.4 Å². The van der Waals surface area contributed by atoms with Gasteiger partial charge in [-0.1, -0.05) is 17.7 Å². The summed E-state index contributed by atoms with van der Waals surface area (Å²) in [6.45, 7) is 4.36. The Balaban J connectivity index is 2.32. The SMILES string of the molecule is Cc1ccc(OCCCCS(=O)(=O)F)c(C)c1. The summed E-state index contributed by atoms with van der Waals surface area (Å²) in [4.78, 5) is 0. The Hall–Kier alpha value is -1.10. The van der Waals surface area contributed by atoms with Crippen molar-refractivity contribution in [2.24, 2.45) is 0 Å². The third kappa shape index (κ3) is 5.68. The molecule has 0 saturated heterocycles. The molecule has 0 fully saturated rings. The van der Waals surface area contributed by atoms with Crippen LogP contribution in [0, 0.1) is 13.8 Å². The van der Waals surface area contributed by atoms with Crippen molar-refractivity contribution in [1.29, 1.82) is 0 Å². The second-order valence-corrected chi connectivity index (χ2v) is 5.55. The molecule has 17 heavy (non-hydrogen) atoms. The van der Waals surface area contributed by atoms with Gasteiger partial charge in [-0.05, 0) is 38.3 Å². The van der Waals surface area contributed by atoms with E-state index in [9.17, 15) is 12.3 Å². The summed E-state index contributed by atoms with van der Waals surface area (Å²) in [5, 5.41) is 0. The fourth-order valence-electron chi connectivity index (χ4n) is 1.52. The Morgan fingerprint density at radius 1 is 1.24 bits per heavy atom. The van der Waals surface area contributed by atoms with Gasteiger partial charge in [0, 0.05) is 0 Å². The molecule has 1 rings (SSSR count). The molecule has 0 atom stereocenters. The number of hydrogen-bond acceptors (Lipinski definition) is 3. The third-order valence-electron chi connectivity index (χ3n) is 2.37. The largest absolute Gasteiger partial charge is 0.493 e. The van der Waals surface area contributed by atoms with E-state index < -0.39 is 16.0 Å². The molecular weight excluding hydrogens is 243 g/mol. The molecule has 0 aliphatic rings. The van der Waals surface area contributed by atoms with E-state index in [-0.39, 0.29) is 6.42 Å². The minimum atomic E-state index is -4.34. The van der Waals surface area contributed by atoms with Gasteiger partial charge in [0.1, 0.15) is 5.75 Å². The predicted octanol–water partition coefficient (Wildman–Crippen LogP) is 2.76. The van der Waals surface area contributed by atoms with Gasteiger partial charge in [-0.3, -0.25) is 0 Å². The lowest BCUT2D eigenvalue weighted by Gasteiger charge is -2.09. The highest BCUT2D eigenvalue weighted by atomic mass is 32.3. The van der Waals surface area contributed by atoms with E-state index in [1.54, 1.807) is 0 Å². The highest BCUT2D eigenvalue weighted by Gasteiger charge is 2.06. The van der Waals surface area contributed by atoms with Crippen LogP contribution in [0.15, 0.2) is 18.2 Å². The van der Waals surface area contributed by atoms with Crippen molar-refractivity contribution >= 4 is 10.2 Å². The average Bonchev–Trinajstić information content (AvgIpc) is 2.18. The van der Waals surface area contributed by atoms with Crippen molar-refractivity contribution in [3.8, 4) is 5.75 Å². The van der Waals surface area contributed by atoms with Crippen LogP contribution in [0.3, 0.4) is 0 Å². The number of aryl methyl sites for hydroxylation is 2. The van der Waals surface area contributed by atoms with Gasteiger partial charge in [0.2, 0.25) is 0 Å². The normalized spacial score (nSPS) is 11.5. The van der Waals surface area contributed by atoms with Crippen molar-refractivity contribution in [2.75, 3.05) is 12.4 Å². The van der Waals surface area contributed by atoms with Crippen LogP contribution in [0.25, 0.3) is 0 Å². The van der Waals surface area contributed by atoms with Gasteiger partial charge >= 0.3 is 10.2 Å². The number of rotatable bonds is 6. The summed E-state index contributed by atoms with van der Waals surface area (Å²) in [7, 11) is -4.34. The Bertz CT molecular complexity index is 469. The van der Waals surface area contributed by atoms with Crippen molar-refractivity contribution in [3.05, 3.63) is 29.3 Å². The van der Waals surface area contributed by atoms with Gasteiger partial charge in [-0.25, -0.2) is 0 Å². The molecule has 5 heteroatoms. The molecule has 0 aromatic heterocycles. The van der Waals surface area contributed by atoms with Crippen LogP contribution in [-0.2, 0) is 10.2 Å². The number of halogens is 1. The molecule has 96 valence electrons. The van der Waals surface area contributed by atoms with E-state index in [0.717, 1.165) is 11.3 Å². The first kappa shape index (κ1) is 14.0. The number of hydrogen-bond donors (Lipinski definition) is 0. The summed E-state index contributed by atoms with van der Waals surface area (Å²) in [6, 6.07) is 5.85. The highest BCUT2D eigenvalue weighted by Crippen LogP contribution is 2.18. The maximum absolute atomic E-state index is 12.2. The first-order valence-electron chi connectivity index (χ1n) is 5.51. The summed E-state index contributed by atoms with van der Waals surface area (Å²) in [6.07, 6.45) is 0.806. The molecule has 3 nitrogen and oxygen atoms in total. The lowest BCUT2D eigenvalue weighted by molar-refractivity contribution is 0.307. The fraction of sp³-hybridized carbons (Fsp3) is 0.500. The van der Waals surface area contributed by atoms with Crippen molar-refractivity contribution in [2.45, 2.75) is 26.7 Å². The molecule has 0 saturated carbocycles. The zero-order chi connectivity index (χ0) is 12.9. The number of ether oxygens (including phenoxy) is 1. The van der Waals surface area contributed by atoms with Crippen LogP contribution in [0.5, 0.6) is 5.75 Å². The quantitative estimate of drug-likeness (QED) is 0.583. The van der Waals surface area contributed by atoms with Gasteiger partial charge in [-0.15, -0.1) is 3.89 Å². The molecule has 1 aromatic rings. The van der Waals surface area contributed by atoms with Crippen LogP contribution in [0.1, 0.15) is 24.0 Å². The van der Waals surface area contributed by atoms with Crippen LogP contribution >= 0.6 is 0 Å². The zero-order valence-corrected chi connectivity index (χ0v) is 10.9. The molecule has 0 spiro atoms. The maximum atomic E-state index is 12.2. The Labute approximate surface area is 102 Å². The van der Waals surface area contributed by atoms with Crippen LogP contribution < -0.4 is 4.74 Å². The van der Waals surface area contributed by atoms with E-state index in [4.69, 9.17) is 4.74 Å². The smallest absolute Gasteiger partial charge is 0.302 e. The molecule has 0 aliphatic heterocycles. The van der Waals surface area contributed by atoms with Gasteiger partial charge in [0.25, 0.3) is 0 Å². The van der Waals surface area contributed by atoms with E-state index >= 15 is 0 Å². The molecule has 0 N–H and O–H groups in total. The first-order chi connectivity index (χ1) is 7.88. The Kier molecular flexibility index (Phi) is 4.93. The van der Waals surface area contributed by atoms with Crippen molar-refractivity contribution < 1.29 is 17.0 Å². The average molecular weight is 260 g/mol. The summed E-state index contributed by atoms with van der Waals surface area (Å²) in [5.41, 5.74) is 2.21. The summed E-state index contributed by atoms with van der Waals surface area (Å²) >= 11 is 0. The van der Waals surface area contributed by atoms with E-state index in [0.29, 0.717) is 13.0 Å². The zero-order valence-electron chi connectivity index (χ0n) is 10.1. The van der Waals surface area contributed by atoms with Gasteiger partial charge in [-0.2, -0.15) is 8.42 Å². The van der Waals surface area contributed by atoms with E-state index in [1.165, 1.54) is 5.56 Å². The molecular formula is C12H17FO3S. The molecule has 1 aromatic carbocycles. The van der Waals surface area contributed by atoms with Crippen LogP contribution in [-0.4, -0.2) is 20.8 Å². The predicted molar refractivity (Wildman–Crippen MR) is 65.5 cm³/mol. The Morgan fingerprint density at radius 3 is 2.53 bits per heavy atom. The second-order valence-electron chi connectivity index (χ2n) is 4.07. The summed E-state index contributed by atoms with van der Waals surface area (Å²) < 4.78 is 38.2. The molecule has 0 amide bonds. The minimum absolute atomic E-state index is 0.281. The standard InChI is InChI=1S/C12H17FO3S/c1-10-5-6-12(11(2)9-10)16-7-3-4-8-17(13,14)15/h5-6,9H,3-4,7-8H2,1-2H3. The highest BCUT2D eigenvalue weighted by molar-refractivity contribution is 7.86.